The second-order valence-electron chi connectivity index (χ2n) is 6.43. The van der Waals surface area contributed by atoms with Crippen LogP contribution in [-0.2, 0) is 17.8 Å². The number of likely N-dealkylation sites (tertiary alicyclic amines) is 1. The van der Waals surface area contributed by atoms with Crippen LogP contribution >= 0.6 is 11.3 Å². The monoisotopic (exact) mass is 360 g/mol. The van der Waals surface area contributed by atoms with Crippen LogP contribution in [0.2, 0.25) is 0 Å². The standard InChI is InChI=1S/C18H24N4O2S/c1-13(23)20-18-19-10-16(25-18)12-22-8-4-5-14(11-22)9-15-6-3-7-17(21-15)24-2/h3,6-7,10,14H,4-5,8-9,11-12H2,1-2H3,(H,19,20,23). The molecule has 1 saturated heterocycles. The highest BCUT2D eigenvalue weighted by molar-refractivity contribution is 7.15. The Kier molecular flexibility index (Phi) is 5.99. The van der Waals surface area contributed by atoms with Crippen LogP contribution in [0, 0.1) is 5.92 Å². The lowest BCUT2D eigenvalue weighted by Gasteiger charge is -2.32. The van der Waals surface area contributed by atoms with Crippen LogP contribution in [0.25, 0.3) is 0 Å². The molecule has 0 spiro atoms. The normalized spacial score (nSPS) is 18.1. The number of thiazole rings is 1. The van der Waals surface area contributed by atoms with Gasteiger partial charge in [-0.05, 0) is 37.8 Å². The number of nitrogens with zero attached hydrogens (tertiary/aromatic N) is 3. The van der Waals surface area contributed by atoms with Gasteiger partial charge in [-0.15, -0.1) is 11.3 Å². The second kappa shape index (κ2) is 8.40. The molecule has 0 saturated carbocycles. The average Bonchev–Trinajstić information content (AvgIpc) is 3.01. The quantitative estimate of drug-likeness (QED) is 0.858. The maximum absolute atomic E-state index is 11.1. The summed E-state index contributed by atoms with van der Waals surface area (Å²) in [5.74, 6) is 1.21. The zero-order valence-corrected chi connectivity index (χ0v) is 15.5. The molecule has 2 aromatic rings. The van der Waals surface area contributed by atoms with Crippen molar-refractivity contribution < 1.29 is 9.53 Å². The van der Waals surface area contributed by atoms with Crippen molar-refractivity contribution in [2.75, 3.05) is 25.5 Å². The Balaban J connectivity index is 1.55. The van der Waals surface area contributed by atoms with Gasteiger partial charge < -0.3 is 10.1 Å². The van der Waals surface area contributed by atoms with Crippen LogP contribution in [0.1, 0.15) is 30.3 Å². The molecule has 1 fully saturated rings. The second-order valence-corrected chi connectivity index (χ2v) is 7.55. The Bertz CT molecular complexity index is 719. The van der Waals surface area contributed by atoms with E-state index in [2.05, 4.69) is 26.3 Å². The third-order valence-electron chi connectivity index (χ3n) is 4.31. The molecule has 1 aliphatic heterocycles. The number of carbonyl (C=O) groups is 1. The number of methoxy groups -OCH3 is 1. The van der Waals surface area contributed by atoms with E-state index in [-0.39, 0.29) is 5.91 Å². The molecule has 0 aromatic carbocycles. The summed E-state index contributed by atoms with van der Waals surface area (Å²) >= 11 is 1.55. The molecule has 1 aliphatic rings. The van der Waals surface area contributed by atoms with Gasteiger partial charge in [0, 0.05) is 42.8 Å². The number of carbonyl (C=O) groups excluding carboxylic acids is 1. The highest BCUT2D eigenvalue weighted by Crippen LogP contribution is 2.25. The van der Waals surface area contributed by atoms with Crippen molar-refractivity contribution in [3.05, 3.63) is 35.0 Å². The number of ether oxygens (including phenoxy) is 1. The fourth-order valence-electron chi connectivity index (χ4n) is 3.25. The summed E-state index contributed by atoms with van der Waals surface area (Å²) in [5, 5.41) is 3.42. The van der Waals surface area contributed by atoms with Gasteiger partial charge >= 0.3 is 0 Å². The van der Waals surface area contributed by atoms with Gasteiger partial charge in [-0.25, -0.2) is 9.97 Å². The molecule has 1 N–H and O–H groups in total. The van der Waals surface area contributed by atoms with Crippen molar-refractivity contribution in [1.82, 2.24) is 14.9 Å². The predicted octanol–water partition coefficient (Wildman–Crippen LogP) is 2.96. The molecule has 0 bridgehead atoms. The van der Waals surface area contributed by atoms with Crippen LogP contribution in [-0.4, -0.2) is 41.0 Å². The van der Waals surface area contributed by atoms with E-state index in [1.54, 1.807) is 18.4 Å². The maximum Gasteiger partial charge on any atom is 0.223 e. The number of hydrogen-bond donors (Lipinski definition) is 1. The highest BCUT2D eigenvalue weighted by Gasteiger charge is 2.21. The van der Waals surface area contributed by atoms with Crippen LogP contribution in [0.3, 0.4) is 0 Å². The number of rotatable bonds is 6. The number of pyridine rings is 1. The lowest BCUT2D eigenvalue weighted by atomic mass is 9.93. The first-order valence-corrected chi connectivity index (χ1v) is 9.38. The number of nitrogens with one attached hydrogen (secondary N) is 1. The first-order valence-electron chi connectivity index (χ1n) is 8.57. The minimum Gasteiger partial charge on any atom is -0.481 e. The van der Waals surface area contributed by atoms with Crippen molar-refractivity contribution in [2.24, 2.45) is 5.92 Å². The summed E-state index contributed by atoms with van der Waals surface area (Å²) in [6.45, 7) is 4.56. The zero-order chi connectivity index (χ0) is 17.6. The number of hydrogen-bond acceptors (Lipinski definition) is 6. The van der Waals surface area contributed by atoms with E-state index < -0.39 is 0 Å². The van der Waals surface area contributed by atoms with E-state index >= 15 is 0 Å². The number of piperidine rings is 1. The van der Waals surface area contributed by atoms with Crippen molar-refractivity contribution >= 4 is 22.4 Å². The van der Waals surface area contributed by atoms with Gasteiger partial charge in [0.05, 0.1) is 7.11 Å². The molecule has 0 aliphatic carbocycles. The molecule has 0 radical (unpaired) electrons. The Morgan fingerprint density at radius 2 is 2.36 bits per heavy atom. The topological polar surface area (TPSA) is 67.3 Å². The van der Waals surface area contributed by atoms with E-state index in [0.29, 0.717) is 16.9 Å². The summed E-state index contributed by atoms with van der Waals surface area (Å²) in [5.41, 5.74) is 1.09. The van der Waals surface area contributed by atoms with Gasteiger partial charge in [0.15, 0.2) is 5.13 Å². The smallest absolute Gasteiger partial charge is 0.223 e. The van der Waals surface area contributed by atoms with Gasteiger partial charge in [-0.3, -0.25) is 9.69 Å². The molecule has 3 rings (SSSR count). The van der Waals surface area contributed by atoms with E-state index in [1.807, 2.05) is 18.3 Å². The zero-order valence-electron chi connectivity index (χ0n) is 14.7. The molecule has 134 valence electrons. The molecule has 6 nitrogen and oxygen atoms in total. The average molecular weight is 360 g/mol. The van der Waals surface area contributed by atoms with Crippen LogP contribution in [0.4, 0.5) is 5.13 Å². The number of anilines is 1. The minimum absolute atomic E-state index is 0.0790. The summed E-state index contributed by atoms with van der Waals surface area (Å²) in [6.07, 6.45) is 5.28. The largest absolute Gasteiger partial charge is 0.481 e. The molecule has 25 heavy (non-hydrogen) atoms. The maximum atomic E-state index is 11.1. The molecular formula is C18H24N4O2S. The fraction of sp³-hybridized carbons (Fsp3) is 0.500. The summed E-state index contributed by atoms with van der Waals surface area (Å²) in [7, 11) is 1.65. The summed E-state index contributed by atoms with van der Waals surface area (Å²) in [4.78, 5) is 23.6. The lowest BCUT2D eigenvalue weighted by molar-refractivity contribution is -0.114. The van der Waals surface area contributed by atoms with E-state index in [0.717, 1.165) is 31.7 Å². The van der Waals surface area contributed by atoms with Gasteiger partial charge in [-0.2, -0.15) is 0 Å². The van der Waals surface area contributed by atoms with Crippen LogP contribution < -0.4 is 10.1 Å². The highest BCUT2D eigenvalue weighted by atomic mass is 32.1. The SMILES string of the molecule is COc1cccc(CC2CCCN(Cc3cnc(NC(C)=O)s3)C2)n1. The molecular weight excluding hydrogens is 336 g/mol. The summed E-state index contributed by atoms with van der Waals surface area (Å²) < 4.78 is 5.22. The molecule has 2 aromatic heterocycles. The minimum atomic E-state index is -0.0790. The predicted molar refractivity (Wildman–Crippen MR) is 98.9 cm³/mol. The van der Waals surface area contributed by atoms with Gasteiger partial charge in [-0.1, -0.05) is 6.07 Å². The number of amides is 1. The number of aromatic nitrogens is 2. The van der Waals surface area contributed by atoms with Gasteiger partial charge in [0.25, 0.3) is 0 Å². The molecule has 1 amide bonds. The third-order valence-corrected chi connectivity index (χ3v) is 5.20. The molecule has 1 unspecified atom stereocenters. The van der Waals surface area contributed by atoms with Gasteiger partial charge in [0.2, 0.25) is 11.8 Å². The van der Waals surface area contributed by atoms with Crippen molar-refractivity contribution in [3.63, 3.8) is 0 Å². The third kappa shape index (κ3) is 5.24. The summed E-state index contributed by atoms with van der Waals surface area (Å²) in [6, 6.07) is 5.96. The van der Waals surface area contributed by atoms with Crippen molar-refractivity contribution in [1.29, 1.82) is 0 Å². The van der Waals surface area contributed by atoms with E-state index in [1.165, 1.54) is 24.6 Å². The Labute approximate surface area is 152 Å². The van der Waals surface area contributed by atoms with Crippen molar-refractivity contribution in [2.45, 2.75) is 32.7 Å². The molecule has 3 heterocycles. The van der Waals surface area contributed by atoms with Crippen molar-refractivity contribution in [3.8, 4) is 5.88 Å². The lowest BCUT2D eigenvalue weighted by Crippen LogP contribution is -2.35. The first-order chi connectivity index (χ1) is 12.1. The Hall–Kier alpha value is -1.99. The first kappa shape index (κ1) is 17.8. The Morgan fingerprint density at radius 1 is 1.48 bits per heavy atom. The van der Waals surface area contributed by atoms with Crippen LogP contribution in [0.5, 0.6) is 5.88 Å². The fourth-order valence-corrected chi connectivity index (χ4v) is 4.15. The van der Waals surface area contributed by atoms with E-state index in [4.69, 9.17) is 4.74 Å². The molecule has 7 heteroatoms. The Morgan fingerprint density at radius 3 is 3.16 bits per heavy atom. The van der Waals surface area contributed by atoms with Gasteiger partial charge in [0.1, 0.15) is 0 Å². The molecule has 1 atom stereocenters. The van der Waals surface area contributed by atoms with E-state index in [9.17, 15) is 4.79 Å². The van der Waals surface area contributed by atoms with Crippen LogP contribution in [0.15, 0.2) is 24.4 Å².